The molecule has 0 radical (unpaired) electrons. The first-order valence-corrected chi connectivity index (χ1v) is 12.4. The number of rotatable bonds is 6. The molecule has 7 heteroatoms. The van der Waals surface area contributed by atoms with Gasteiger partial charge in [0.15, 0.2) is 5.69 Å². The molecule has 4 rings (SSSR count). The Kier molecular flexibility index (Phi) is 7.33. The van der Waals surface area contributed by atoms with Crippen LogP contribution in [0.3, 0.4) is 0 Å². The molecule has 2 aliphatic carbocycles. The molecule has 166 valence electrons. The van der Waals surface area contributed by atoms with Crippen LogP contribution in [0.25, 0.3) is 0 Å². The largest absolute Gasteiger partial charge is 0.351 e. The van der Waals surface area contributed by atoms with Gasteiger partial charge in [0.2, 0.25) is 5.91 Å². The average Bonchev–Trinajstić information content (AvgIpc) is 3.34. The fourth-order valence-electron chi connectivity index (χ4n) is 5.01. The third-order valence-electron chi connectivity index (χ3n) is 6.79. The zero-order chi connectivity index (χ0) is 21.6. The Morgan fingerprint density at radius 3 is 2.39 bits per heavy atom. The molecule has 1 aromatic heterocycles. The minimum Gasteiger partial charge on any atom is -0.351 e. The van der Waals surface area contributed by atoms with E-state index in [4.69, 9.17) is 0 Å². The minimum atomic E-state index is -0.657. The number of aromatic nitrogens is 2. The van der Waals surface area contributed by atoms with E-state index >= 15 is 0 Å². The smallest absolute Gasteiger partial charge is 0.276 e. The van der Waals surface area contributed by atoms with E-state index in [-0.39, 0.29) is 23.9 Å². The predicted octanol–water partition coefficient (Wildman–Crippen LogP) is 4.75. The quantitative estimate of drug-likeness (QED) is 0.703. The van der Waals surface area contributed by atoms with E-state index in [0.717, 1.165) is 56.9 Å². The van der Waals surface area contributed by atoms with E-state index < -0.39 is 6.04 Å². The summed E-state index contributed by atoms with van der Waals surface area (Å²) in [6, 6.07) is 9.28. The van der Waals surface area contributed by atoms with E-state index in [9.17, 15) is 9.59 Å². The van der Waals surface area contributed by atoms with Crippen LogP contribution in [-0.2, 0) is 4.79 Å². The van der Waals surface area contributed by atoms with Gasteiger partial charge < -0.3 is 10.2 Å². The number of hydrogen-bond donors (Lipinski definition) is 1. The lowest BCUT2D eigenvalue weighted by molar-refractivity contribution is -0.128. The second-order valence-corrected chi connectivity index (χ2v) is 9.68. The normalized spacial score (nSPS) is 23.1. The van der Waals surface area contributed by atoms with Crippen molar-refractivity contribution < 1.29 is 9.59 Å². The number of nitrogens with one attached hydrogen (secondary N) is 1. The zero-order valence-corrected chi connectivity index (χ0v) is 19.0. The standard InChI is InChI=1S/C24H32N4O2S/c1-17-12-14-20(15-13-17)28(24(30)21-16-31-27-26-21)22(18-8-4-2-5-9-18)23(29)25-19-10-6-3-7-11-19/h2,4-5,8-9,16-17,19-20,22H,3,6-7,10-15H2,1H3,(H,25,29)/t17?,20?,22-/m0/s1. The van der Waals surface area contributed by atoms with E-state index in [1.807, 2.05) is 35.2 Å². The molecule has 1 atom stereocenters. The first-order chi connectivity index (χ1) is 15.1. The van der Waals surface area contributed by atoms with Crippen LogP contribution >= 0.6 is 11.5 Å². The second-order valence-electron chi connectivity index (χ2n) is 9.07. The van der Waals surface area contributed by atoms with Crippen LogP contribution in [0.15, 0.2) is 35.7 Å². The van der Waals surface area contributed by atoms with Crippen LogP contribution in [-0.4, -0.2) is 38.4 Å². The van der Waals surface area contributed by atoms with Crippen molar-refractivity contribution >= 4 is 23.3 Å². The van der Waals surface area contributed by atoms with Crippen molar-refractivity contribution in [2.45, 2.75) is 82.8 Å². The van der Waals surface area contributed by atoms with Crippen LogP contribution in [0.4, 0.5) is 0 Å². The molecule has 2 fully saturated rings. The summed E-state index contributed by atoms with van der Waals surface area (Å²) in [5, 5.41) is 9.01. The van der Waals surface area contributed by atoms with Gasteiger partial charge in [-0.05, 0) is 61.5 Å². The monoisotopic (exact) mass is 440 g/mol. The molecule has 0 aliphatic heterocycles. The van der Waals surface area contributed by atoms with Crippen LogP contribution in [0.2, 0.25) is 0 Å². The zero-order valence-electron chi connectivity index (χ0n) is 18.2. The molecule has 1 heterocycles. The molecule has 0 unspecified atom stereocenters. The second kappa shape index (κ2) is 10.4. The van der Waals surface area contributed by atoms with Gasteiger partial charge in [-0.3, -0.25) is 9.59 Å². The van der Waals surface area contributed by atoms with Crippen molar-refractivity contribution in [3.05, 3.63) is 47.0 Å². The fourth-order valence-corrected chi connectivity index (χ4v) is 5.44. The number of benzene rings is 1. The first kappa shape index (κ1) is 21.9. The van der Waals surface area contributed by atoms with Gasteiger partial charge in [-0.1, -0.05) is 61.0 Å². The number of carbonyl (C=O) groups excluding carboxylic acids is 2. The van der Waals surface area contributed by atoms with E-state index in [2.05, 4.69) is 21.8 Å². The summed E-state index contributed by atoms with van der Waals surface area (Å²) < 4.78 is 3.90. The van der Waals surface area contributed by atoms with Crippen LogP contribution in [0.1, 0.15) is 86.8 Å². The summed E-state index contributed by atoms with van der Waals surface area (Å²) in [5.74, 6) is 0.384. The van der Waals surface area contributed by atoms with E-state index in [1.54, 1.807) is 5.38 Å². The molecule has 0 bridgehead atoms. The van der Waals surface area contributed by atoms with Gasteiger partial charge in [0.25, 0.3) is 5.91 Å². The van der Waals surface area contributed by atoms with Crippen molar-refractivity contribution in [2.24, 2.45) is 5.92 Å². The summed E-state index contributed by atoms with van der Waals surface area (Å²) in [5.41, 5.74) is 1.18. The molecule has 2 aromatic rings. The number of carbonyl (C=O) groups is 2. The lowest BCUT2D eigenvalue weighted by Gasteiger charge is -2.41. The Morgan fingerprint density at radius 1 is 1.03 bits per heavy atom. The maximum absolute atomic E-state index is 13.7. The van der Waals surface area contributed by atoms with Gasteiger partial charge in [-0.2, -0.15) is 0 Å². The highest BCUT2D eigenvalue weighted by atomic mass is 32.1. The SMILES string of the molecule is CC1CCC(N(C(=O)c2csnn2)[C@H](C(=O)NC2CCCCC2)c2ccccc2)CC1. The average molecular weight is 441 g/mol. The first-order valence-electron chi connectivity index (χ1n) is 11.6. The van der Waals surface area contributed by atoms with Crippen molar-refractivity contribution in [2.75, 3.05) is 0 Å². The van der Waals surface area contributed by atoms with Crippen LogP contribution < -0.4 is 5.32 Å². The highest BCUT2D eigenvalue weighted by Gasteiger charge is 2.39. The highest BCUT2D eigenvalue weighted by molar-refractivity contribution is 7.03. The van der Waals surface area contributed by atoms with Gasteiger partial charge in [-0.15, -0.1) is 5.10 Å². The maximum atomic E-state index is 13.7. The predicted molar refractivity (Wildman–Crippen MR) is 122 cm³/mol. The Morgan fingerprint density at radius 2 is 1.74 bits per heavy atom. The Bertz CT molecular complexity index is 844. The van der Waals surface area contributed by atoms with Gasteiger partial charge in [0, 0.05) is 17.5 Å². The molecule has 1 N–H and O–H groups in total. The Labute approximate surface area is 188 Å². The van der Waals surface area contributed by atoms with Crippen LogP contribution in [0.5, 0.6) is 0 Å². The molecule has 6 nitrogen and oxygen atoms in total. The Balaban J connectivity index is 1.68. The van der Waals surface area contributed by atoms with Crippen molar-refractivity contribution in [3.8, 4) is 0 Å². The molecule has 0 spiro atoms. The summed E-state index contributed by atoms with van der Waals surface area (Å²) >= 11 is 1.17. The molecule has 31 heavy (non-hydrogen) atoms. The van der Waals surface area contributed by atoms with Gasteiger partial charge in [-0.25, -0.2) is 0 Å². The molecular weight excluding hydrogens is 408 g/mol. The number of amides is 2. The third-order valence-corrected chi connectivity index (χ3v) is 7.29. The lowest BCUT2D eigenvalue weighted by Crippen LogP contribution is -2.51. The number of nitrogens with zero attached hydrogens (tertiary/aromatic N) is 3. The van der Waals surface area contributed by atoms with Gasteiger partial charge >= 0.3 is 0 Å². The number of hydrogen-bond acceptors (Lipinski definition) is 5. The van der Waals surface area contributed by atoms with Crippen LogP contribution in [0, 0.1) is 5.92 Å². The topological polar surface area (TPSA) is 75.2 Å². The minimum absolute atomic E-state index is 0.0210. The van der Waals surface area contributed by atoms with Crippen molar-refractivity contribution in [1.82, 2.24) is 19.8 Å². The van der Waals surface area contributed by atoms with E-state index in [1.165, 1.54) is 18.0 Å². The summed E-state index contributed by atoms with van der Waals surface area (Å²) in [6.07, 6.45) is 9.50. The molecule has 2 amide bonds. The fraction of sp³-hybridized carbons (Fsp3) is 0.583. The summed E-state index contributed by atoms with van der Waals surface area (Å²) in [7, 11) is 0. The van der Waals surface area contributed by atoms with E-state index in [0.29, 0.717) is 11.6 Å². The Hall–Kier alpha value is -2.28. The molecule has 0 saturated heterocycles. The molecule has 2 saturated carbocycles. The summed E-state index contributed by atoms with van der Waals surface area (Å²) in [4.78, 5) is 29.2. The third kappa shape index (κ3) is 5.32. The van der Waals surface area contributed by atoms with Gasteiger partial charge in [0.05, 0.1) is 0 Å². The summed E-state index contributed by atoms with van der Waals surface area (Å²) in [6.45, 7) is 2.26. The maximum Gasteiger partial charge on any atom is 0.276 e. The molecule has 2 aliphatic rings. The van der Waals surface area contributed by atoms with Crippen molar-refractivity contribution in [3.63, 3.8) is 0 Å². The van der Waals surface area contributed by atoms with Crippen molar-refractivity contribution in [1.29, 1.82) is 0 Å². The molecule has 1 aromatic carbocycles. The lowest BCUT2D eigenvalue weighted by atomic mass is 9.85. The van der Waals surface area contributed by atoms with Gasteiger partial charge in [0.1, 0.15) is 6.04 Å². The highest BCUT2D eigenvalue weighted by Crippen LogP contribution is 2.34. The molecular formula is C24H32N4O2S.